The monoisotopic (exact) mass is 241 g/mol. The van der Waals surface area contributed by atoms with Crippen LogP contribution in [0.2, 0.25) is 5.02 Å². The molecule has 0 radical (unpaired) electrons. The standard InChI is InChI=1S/C12H16ClNO2/c1-3-16-11(15)12(2,14)8-9-4-6-10(13)7-5-9/h4-7H,3,8,14H2,1-2H3/t12-/m0/s1. The van der Waals surface area contributed by atoms with Crippen LogP contribution in [0.1, 0.15) is 19.4 Å². The molecule has 1 aromatic rings. The summed E-state index contributed by atoms with van der Waals surface area (Å²) in [6, 6.07) is 7.26. The molecule has 0 unspecified atom stereocenters. The van der Waals surface area contributed by atoms with E-state index in [1.807, 2.05) is 12.1 Å². The number of halogens is 1. The number of nitrogens with two attached hydrogens (primary N) is 1. The highest BCUT2D eigenvalue weighted by Crippen LogP contribution is 2.15. The normalized spacial score (nSPS) is 14.2. The fraction of sp³-hybridized carbons (Fsp3) is 0.417. The maximum Gasteiger partial charge on any atom is 0.326 e. The molecule has 0 bridgehead atoms. The summed E-state index contributed by atoms with van der Waals surface area (Å²) in [5.74, 6) is -0.384. The minimum absolute atomic E-state index is 0.340. The van der Waals surface area contributed by atoms with E-state index in [2.05, 4.69) is 0 Å². The van der Waals surface area contributed by atoms with Crippen molar-refractivity contribution in [3.8, 4) is 0 Å². The number of hydrogen-bond acceptors (Lipinski definition) is 3. The van der Waals surface area contributed by atoms with Gasteiger partial charge in [-0.3, -0.25) is 4.79 Å². The molecule has 0 aliphatic rings. The first-order valence-corrected chi connectivity index (χ1v) is 5.54. The van der Waals surface area contributed by atoms with Crippen molar-refractivity contribution in [2.24, 2.45) is 5.73 Å². The van der Waals surface area contributed by atoms with Gasteiger partial charge in [0, 0.05) is 11.4 Å². The maximum absolute atomic E-state index is 11.6. The van der Waals surface area contributed by atoms with Gasteiger partial charge in [0.05, 0.1) is 6.61 Å². The molecule has 0 aliphatic carbocycles. The van der Waals surface area contributed by atoms with Crippen LogP contribution >= 0.6 is 11.6 Å². The summed E-state index contributed by atoms with van der Waals surface area (Å²) < 4.78 is 4.91. The van der Waals surface area contributed by atoms with Crippen LogP contribution in [0.5, 0.6) is 0 Å². The van der Waals surface area contributed by atoms with Crippen molar-refractivity contribution in [1.29, 1.82) is 0 Å². The molecular formula is C12H16ClNO2. The summed E-state index contributed by atoms with van der Waals surface area (Å²) in [6.45, 7) is 3.77. The average molecular weight is 242 g/mol. The largest absolute Gasteiger partial charge is 0.465 e. The second-order valence-corrected chi connectivity index (χ2v) is 4.38. The van der Waals surface area contributed by atoms with Gasteiger partial charge in [-0.1, -0.05) is 23.7 Å². The molecule has 0 saturated heterocycles. The number of rotatable bonds is 4. The van der Waals surface area contributed by atoms with Gasteiger partial charge in [-0.25, -0.2) is 0 Å². The lowest BCUT2D eigenvalue weighted by Crippen LogP contribution is -2.48. The van der Waals surface area contributed by atoms with E-state index in [0.29, 0.717) is 18.1 Å². The molecule has 1 atom stereocenters. The fourth-order valence-electron chi connectivity index (χ4n) is 1.39. The van der Waals surface area contributed by atoms with E-state index >= 15 is 0 Å². The highest BCUT2D eigenvalue weighted by atomic mass is 35.5. The Morgan fingerprint density at radius 3 is 2.50 bits per heavy atom. The van der Waals surface area contributed by atoms with Gasteiger partial charge in [0.2, 0.25) is 0 Å². The Morgan fingerprint density at radius 2 is 2.00 bits per heavy atom. The van der Waals surface area contributed by atoms with Crippen LogP contribution in [-0.2, 0) is 16.0 Å². The van der Waals surface area contributed by atoms with Gasteiger partial charge < -0.3 is 10.5 Å². The first kappa shape index (κ1) is 13.0. The number of esters is 1. The van der Waals surface area contributed by atoms with Crippen molar-refractivity contribution >= 4 is 17.6 Å². The molecule has 88 valence electrons. The lowest BCUT2D eigenvalue weighted by atomic mass is 9.94. The maximum atomic E-state index is 11.6. The molecule has 4 heteroatoms. The molecule has 2 N–H and O–H groups in total. The van der Waals surface area contributed by atoms with E-state index < -0.39 is 5.54 Å². The molecule has 1 aromatic carbocycles. The lowest BCUT2D eigenvalue weighted by molar-refractivity contribution is -0.148. The summed E-state index contributed by atoms with van der Waals surface area (Å²) in [5, 5.41) is 0.665. The van der Waals surface area contributed by atoms with Crippen molar-refractivity contribution in [3.05, 3.63) is 34.9 Å². The zero-order chi connectivity index (χ0) is 12.2. The van der Waals surface area contributed by atoms with Crippen LogP contribution in [-0.4, -0.2) is 18.1 Å². The Labute approximate surface area is 101 Å². The zero-order valence-corrected chi connectivity index (χ0v) is 10.3. The Hall–Kier alpha value is -1.06. The van der Waals surface area contributed by atoms with Crippen LogP contribution < -0.4 is 5.73 Å². The van der Waals surface area contributed by atoms with E-state index in [4.69, 9.17) is 22.1 Å². The molecular weight excluding hydrogens is 226 g/mol. The lowest BCUT2D eigenvalue weighted by Gasteiger charge is -2.22. The highest BCUT2D eigenvalue weighted by molar-refractivity contribution is 6.30. The van der Waals surface area contributed by atoms with Gasteiger partial charge in [-0.05, 0) is 31.5 Å². The molecule has 0 amide bonds. The highest BCUT2D eigenvalue weighted by Gasteiger charge is 2.29. The second kappa shape index (κ2) is 5.32. The van der Waals surface area contributed by atoms with E-state index in [9.17, 15) is 4.79 Å². The summed E-state index contributed by atoms with van der Waals surface area (Å²) in [7, 11) is 0. The predicted molar refractivity (Wildman–Crippen MR) is 64.4 cm³/mol. The van der Waals surface area contributed by atoms with Gasteiger partial charge in [-0.15, -0.1) is 0 Å². The number of hydrogen-bond donors (Lipinski definition) is 1. The number of carbonyl (C=O) groups excluding carboxylic acids is 1. The van der Waals surface area contributed by atoms with Crippen molar-refractivity contribution < 1.29 is 9.53 Å². The molecule has 1 rings (SSSR count). The Balaban J connectivity index is 2.72. The number of benzene rings is 1. The Kier molecular flexibility index (Phi) is 4.33. The predicted octanol–water partition coefficient (Wildman–Crippen LogP) is 2.16. The van der Waals surface area contributed by atoms with E-state index in [0.717, 1.165) is 5.56 Å². The summed E-state index contributed by atoms with van der Waals surface area (Å²) in [4.78, 5) is 11.6. The van der Waals surface area contributed by atoms with Gasteiger partial charge in [0.25, 0.3) is 0 Å². The third-order valence-electron chi connectivity index (χ3n) is 2.23. The first-order valence-electron chi connectivity index (χ1n) is 5.16. The van der Waals surface area contributed by atoms with Gasteiger partial charge >= 0.3 is 5.97 Å². The topological polar surface area (TPSA) is 52.3 Å². The van der Waals surface area contributed by atoms with Crippen molar-refractivity contribution in [3.63, 3.8) is 0 Å². The molecule has 3 nitrogen and oxygen atoms in total. The quantitative estimate of drug-likeness (QED) is 0.822. The third-order valence-corrected chi connectivity index (χ3v) is 2.48. The minimum atomic E-state index is -0.996. The molecule has 0 spiro atoms. The van der Waals surface area contributed by atoms with E-state index in [1.54, 1.807) is 26.0 Å². The molecule has 0 heterocycles. The van der Waals surface area contributed by atoms with Crippen LogP contribution in [0.15, 0.2) is 24.3 Å². The molecule has 0 aromatic heterocycles. The average Bonchev–Trinajstić information content (AvgIpc) is 2.21. The summed E-state index contributed by atoms with van der Waals surface area (Å²) in [6.07, 6.45) is 0.434. The van der Waals surface area contributed by atoms with Crippen molar-refractivity contribution in [1.82, 2.24) is 0 Å². The number of carbonyl (C=O) groups is 1. The summed E-state index contributed by atoms with van der Waals surface area (Å²) >= 11 is 5.77. The van der Waals surface area contributed by atoms with Gasteiger partial charge in [0.1, 0.15) is 5.54 Å². The SMILES string of the molecule is CCOC(=O)[C@@](C)(N)Cc1ccc(Cl)cc1. The van der Waals surface area contributed by atoms with E-state index in [1.165, 1.54) is 0 Å². The fourth-order valence-corrected chi connectivity index (χ4v) is 1.52. The Bertz CT molecular complexity index is 360. The van der Waals surface area contributed by atoms with Crippen LogP contribution in [0, 0.1) is 0 Å². The van der Waals surface area contributed by atoms with Crippen LogP contribution in [0.3, 0.4) is 0 Å². The van der Waals surface area contributed by atoms with Crippen molar-refractivity contribution in [2.75, 3.05) is 6.61 Å². The molecule has 0 aliphatic heterocycles. The van der Waals surface area contributed by atoms with Crippen molar-refractivity contribution in [2.45, 2.75) is 25.8 Å². The second-order valence-electron chi connectivity index (χ2n) is 3.94. The van der Waals surface area contributed by atoms with Crippen LogP contribution in [0.25, 0.3) is 0 Å². The van der Waals surface area contributed by atoms with E-state index in [-0.39, 0.29) is 5.97 Å². The summed E-state index contributed by atoms with van der Waals surface area (Å²) in [5.41, 5.74) is 5.87. The zero-order valence-electron chi connectivity index (χ0n) is 9.50. The van der Waals surface area contributed by atoms with Crippen LogP contribution in [0.4, 0.5) is 0 Å². The molecule has 0 fully saturated rings. The van der Waals surface area contributed by atoms with Gasteiger partial charge in [0.15, 0.2) is 0 Å². The molecule has 16 heavy (non-hydrogen) atoms. The molecule has 0 saturated carbocycles. The first-order chi connectivity index (χ1) is 7.45. The number of ether oxygens (including phenoxy) is 1. The third kappa shape index (κ3) is 3.51. The minimum Gasteiger partial charge on any atom is -0.465 e. The van der Waals surface area contributed by atoms with Gasteiger partial charge in [-0.2, -0.15) is 0 Å². The smallest absolute Gasteiger partial charge is 0.326 e. The Morgan fingerprint density at radius 1 is 1.44 bits per heavy atom.